The van der Waals surface area contributed by atoms with Gasteiger partial charge in [-0.05, 0) is 33.0 Å². The zero-order valence-electron chi connectivity index (χ0n) is 15.9. The van der Waals surface area contributed by atoms with E-state index in [1.54, 1.807) is 23.5 Å². The van der Waals surface area contributed by atoms with Crippen LogP contribution in [0.15, 0.2) is 30.3 Å². The van der Waals surface area contributed by atoms with Gasteiger partial charge in [0.15, 0.2) is 0 Å². The number of nitrogens with zero attached hydrogens (tertiary/aromatic N) is 2. The number of aromatic nitrogens is 1. The summed E-state index contributed by atoms with van der Waals surface area (Å²) in [6, 6.07) is 8.53. The number of benzene rings is 1. The molecule has 1 aromatic carbocycles. The third-order valence-corrected chi connectivity index (χ3v) is 5.69. The van der Waals surface area contributed by atoms with Crippen LogP contribution in [0.25, 0.3) is 0 Å². The van der Waals surface area contributed by atoms with Crippen molar-refractivity contribution >= 4 is 29.0 Å². The summed E-state index contributed by atoms with van der Waals surface area (Å²) in [4.78, 5) is 31.7. The normalized spacial score (nSPS) is 12.3. The molecular formula is C19H26N4O2S. The summed E-state index contributed by atoms with van der Waals surface area (Å²) >= 11 is 1.68. The first-order valence-corrected chi connectivity index (χ1v) is 9.43. The van der Waals surface area contributed by atoms with Crippen molar-refractivity contribution in [2.24, 2.45) is 0 Å². The van der Waals surface area contributed by atoms with E-state index in [-0.39, 0.29) is 18.5 Å². The molecule has 2 N–H and O–H groups in total. The van der Waals surface area contributed by atoms with E-state index in [0.717, 1.165) is 15.6 Å². The van der Waals surface area contributed by atoms with Crippen molar-refractivity contribution in [1.29, 1.82) is 0 Å². The highest BCUT2D eigenvalue weighted by Crippen LogP contribution is 2.31. The molecule has 0 aliphatic heterocycles. The van der Waals surface area contributed by atoms with Crippen LogP contribution in [0.2, 0.25) is 0 Å². The molecule has 7 heteroatoms. The summed E-state index contributed by atoms with van der Waals surface area (Å²) in [5.41, 5.74) is 1.64. The first kappa shape index (κ1) is 20.1. The van der Waals surface area contributed by atoms with E-state index in [1.165, 1.54) is 0 Å². The van der Waals surface area contributed by atoms with E-state index in [1.807, 2.05) is 44.0 Å². The molecule has 140 valence electrons. The standard InChI is InChI=1S/C19H26N4O2S/c1-12(2)18-20-13(3)17(26-18)14(4)23(5)11-16(24)22-19(25)21-15-9-7-6-8-10-15/h6-10,12,14H,11H2,1-5H3,(H2,21,22,24,25)/t14-/m1/s1. The van der Waals surface area contributed by atoms with Gasteiger partial charge in [0.1, 0.15) is 0 Å². The van der Waals surface area contributed by atoms with E-state index in [0.29, 0.717) is 11.6 Å². The lowest BCUT2D eigenvalue weighted by Crippen LogP contribution is -2.41. The number of para-hydroxylation sites is 1. The molecule has 1 aromatic heterocycles. The zero-order valence-corrected chi connectivity index (χ0v) is 16.7. The van der Waals surface area contributed by atoms with E-state index in [2.05, 4.69) is 29.5 Å². The summed E-state index contributed by atoms with van der Waals surface area (Å²) in [5.74, 6) is 0.0361. The SMILES string of the molecule is Cc1nc(C(C)C)sc1[C@@H](C)N(C)CC(=O)NC(=O)Nc1ccccc1. The molecule has 0 saturated carbocycles. The average molecular weight is 375 g/mol. The Morgan fingerprint density at radius 2 is 1.85 bits per heavy atom. The highest BCUT2D eigenvalue weighted by Gasteiger charge is 2.21. The van der Waals surface area contributed by atoms with Crippen LogP contribution in [0.5, 0.6) is 0 Å². The van der Waals surface area contributed by atoms with E-state index in [9.17, 15) is 9.59 Å². The molecule has 0 saturated heterocycles. The van der Waals surface area contributed by atoms with Crippen LogP contribution in [0.4, 0.5) is 10.5 Å². The Kier molecular flexibility index (Phi) is 6.88. The molecular weight excluding hydrogens is 348 g/mol. The van der Waals surface area contributed by atoms with Gasteiger partial charge in [-0.1, -0.05) is 32.0 Å². The molecule has 0 fully saturated rings. The number of rotatable bonds is 6. The number of thiazole rings is 1. The molecule has 2 aromatic rings. The number of carbonyl (C=O) groups excluding carboxylic acids is 2. The van der Waals surface area contributed by atoms with Gasteiger partial charge in [-0.3, -0.25) is 15.0 Å². The molecule has 0 aliphatic rings. The van der Waals surface area contributed by atoms with E-state index >= 15 is 0 Å². The van der Waals surface area contributed by atoms with Crippen molar-refractivity contribution in [2.45, 2.75) is 39.7 Å². The molecule has 2 rings (SSSR count). The van der Waals surface area contributed by atoms with E-state index < -0.39 is 6.03 Å². The van der Waals surface area contributed by atoms with Crippen molar-refractivity contribution in [3.8, 4) is 0 Å². The minimum atomic E-state index is -0.529. The van der Waals surface area contributed by atoms with Gasteiger partial charge in [-0.15, -0.1) is 11.3 Å². The lowest BCUT2D eigenvalue weighted by Gasteiger charge is -2.23. The summed E-state index contributed by atoms with van der Waals surface area (Å²) in [6.07, 6.45) is 0. The highest BCUT2D eigenvalue weighted by molar-refractivity contribution is 7.11. The van der Waals surface area contributed by atoms with Crippen molar-refractivity contribution < 1.29 is 9.59 Å². The van der Waals surface area contributed by atoms with Gasteiger partial charge in [0.2, 0.25) is 5.91 Å². The van der Waals surface area contributed by atoms with Gasteiger partial charge in [0.25, 0.3) is 0 Å². The first-order chi connectivity index (χ1) is 12.3. The molecule has 0 aliphatic carbocycles. The molecule has 1 atom stereocenters. The zero-order chi connectivity index (χ0) is 19.3. The molecule has 1 heterocycles. The largest absolute Gasteiger partial charge is 0.325 e. The lowest BCUT2D eigenvalue weighted by molar-refractivity contribution is -0.121. The number of hydrogen-bond acceptors (Lipinski definition) is 5. The second-order valence-electron chi connectivity index (χ2n) is 6.62. The van der Waals surface area contributed by atoms with Crippen LogP contribution in [-0.4, -0.2) is 35.4 Å². The number of anilines is 1. The minimum Gasteiger partial charge on any atom is -0.308 e. The van der Waals surface area contributed by atoms with Crippen molar-refractivity contribution in [3.05, 3.63) is 45.9 Å². The number of likely N-dealkylation sites (N-methyl/N-ethyl adjacent to an activating group) is 1. The Labute approximate surface area is 158 Å². The molecule has 3 amide bonds. The summed E-state index contributed by atoms with van der Waals surface area (Å²) in [6.45, 7) is 8.40. The second kappa shape index (κ2) is 8.91. The first-order valence-electron chi connectivity index (χ1n) is 8.61. The molecule has 6 nitrogen and oxygen atoms in total. The quantitative estimate of drug-likeness (QED) is 0.804. The van der Waals surface area contributed by atoms with Gasteiger partial charge >= 0.3 is 6.03 Å². The maximum absolute atomic E-state index is 12.2. The van der Waals surface area contributed by atoms with Gasteiger partial charge < -0.3 is 5.32 Å². The molecule has 0 radical (unpaired) electrons. The minimum absolute atomic E-state index is 0.0444. The monoisotopic (exact) mass is 374 g/mol. The number of imide groups is 1. The Morgan fingerprint density at radius 1 is 1.19 bits per heavy atom. The number of hydrogen-bond donors (Lipinski definition) is 2. The Morgan fingerprint density at radius 3 is 2.42 bits per heavy atom. The predicted molar refractivity (Wildman–Crippen MR) is 106 cm³/mol. The van der Waals surface area contributed by atoms with Crippen LogP contribution in [-0.2, 0) is 4.79 Å². The third kappa shape index (κ3) is 5.37. The maximum Gasteiger partial charge on any atom is 0.325 e. The number of carbonyl (C=O) groups is 2. The predicted octanol–water partition coefficient (Wildman–Crippen LogP) is 3.92. The number of aryl methyl sites for hydroxylation is 1. The highest BCUT2D eigenvalue weighted by atomic mass is 32.1. The molecule has 0 unspecified atom stereocenters. The van der Waals surface area contributed by atoms with Gasteiger partial charge in [0, 0.05) is 22.5 Å². The number of nitrogens with one attached hydrogen (secondary N) is 2. The second-order valence-corrected chi connectivity index (χ2v) is 7.68. The van der Waals surface area contributed by atoms with Gasteiger partial charge in [-0.25, -0.2) is 9.78 Å². The summed E-state index contributed by atoms with van der Waals surface area (Å²) < 4.78 is 0. The lowest BCUT2D eigenvalue weighted by atomic mass is 10.2. The van der Waals surface area contributed by atoms with Crippen molar-refractivity contribution in [2.75, 3.05) is 18.9 Å². The third-order valence-electron chi connectivity index (χ3n) is 4.06. The Hall–Kier alpha value is -2.25. The van der Waals surface area contributed by atoms with Crippen LogP contribution < -0.4 is 10.6 Å². The number of urea groups is 1. The Bertz CT molecular complexity index is 758. The fraction of sp³-hybridized carbons (Fsp3) is 0.421. The van der Waals surface area contributed by atoms with Crippen LogP contribution >= 0.6 is 11.3 Å². The van der Waals surface area contributed by atoms with Gasteiger partial charge in [0.05, 0.1) is 17.2 Å². The van der Waals surface area contributed by atoms with Crippen molar-refractivity contribution in [1.82, 2.24) is 15.2 Å². The maximum atomic E-state index is 12.2. The van der Waals surface area contributed by atoms with Crippen molar-refractivity contribution in [3.63, 3.8) is 0 Å². The van der Waals surface area contributed by atoms with Crippen LogP contribution in [0.1, 0.15) is 48.3 Å². The smallest absolute Gasteiger partial charge is 0.308 e. The van der Waals surface area contributed by atoms with Gasteiger partial charge in [-0.2, -0.15) is 0 Å². The topological polar surface area (TPSA) is 74.3 Å². The van der Waals surface area contributed by atoms with Crippen LogP contribution in [0.3, 0.4) is 0 Å². The molecule has 0 spiro atoms. The number of amides is 3. The van der Waals surface area contributed by atoms with E-state index in [4.69, 9.17) is 0 Å². The fourth-order valence-corrected chi connectivity index (χ4v) is 3.67. The molecule has 26 heavy (non-hydrogen) atoms. The summed E-state index contributed by atoms with van der Waals surface area (Å²) in [5, 5.41) is 6.10. The van der Waals surface area contributed by atoms with Crippen LogP contribution in [0, 0.1) is 6.92 Å². The average Bonchev–Trinajstić information content (AvgIpc) is 2.96. The fourth-order valence-electron chi connectivity index (χ4n) is 2.48. The Balaban J connectivity index is 1.90. The molecule has 0 bridgehead atoms. The summed E-state index contributed by atoms with van der Waals surface area (Å²) in [7, 11) is 1.87.